The molecular formula is C6H9N. The summed E-state index contributed by atoms with van der Waals surface area (Å²) in [5.74, 6) is 2.74. The molecule has 1 aliphatic carbocycles. The molecule has 1 saturated carbocycles. The SMILES string of the molecule is C1C[C]2CC2C[N]1. The first-order chi connectivity index (χ1) is 3.47. The van der Waals surface area contributed by atoms with Crippen molar-refractivity contribution >= 4 is 0 Å². The van der Waals surface area contributed by atoms with E-state index >= 15 is 0 Å². The van der Waals surface area contributed by atoms with Crippen molar-refractivity contribution in [2.45, 2.75) is 12.8 Å². The third-order valence-corrected chi connectivity index (χ3v) is 1.87. The molecule has 1 unspecified atom stereocenters. The lowest BCUT2D eigenvalue weighted by molar-refractivity contribution is 0.574. The number of hydrogen-bond acceptors (Lipinski definition) is 0. The van der Waals surface area contributed by atoms with Crippen molar-refractivity contribution in [1.29, 1.82) is 0 Å². The molecule has 2 aliphatic rings. The maximum atomic E-state index is 4.28. The van der Waals surface area contributed by atoms with E-state index in [1.165, 1.54) is 12.8 Å². The van der Waals surface area contributed by atoms with Crippen molar-refractivity contribution in [2.24, 2.45) is 5.92 Å². The second-order valence-corrected chi connectivity index (χ2v) is 2.44. The van der Waals surface area contributed by atoms with Crippen LogP contribution in [-0.4, -0.2) is 13.1 Å². The van der Waals surface area contributed by atoms with Crippen LogP contribution in [0.5, 0.6) is 0 Å². The lowest BCUT2D eigenvalue weighted by Gasteiger charge is -2.05. The zero-order valence-electron chi connectivity index (χ0n) is 4.35. The van der Waals surface area contributed by atoms with Crippen LogP contribution in [0, 0.1) is 11.8 Å². The minimum atomic E-state index is 0.953. The summed E-state index contributed by atoms with van der Waals surface area (Å²) in [4.78, 5) is 0. The van der Waals surface area contributed by atoms with Gasteiger partial charge in [0.05, 0.1) is 0 Å². The Morgan fingerprint density at radius 1 is 1.57 bits per heavy atom. The van der Waals surface area contributed by atoms with Crippen LogP contribution in [-0.2, 0) is 0 Å². The Hall–Kier alpha value is -0.0400. The quantitative estimate of drug-likeness (QED) is 0.418. The number of nitrogens with zero attached hydrogens (tertiary/aromatic N) is 1. The van der Waals surface area contributed by atoms with E-state index in [0.29, 0.717) is 0 Å². The highest BCUT2D eigenvalue weighted by Gasteiger charge is 2.39. The van der Waals surface area contributed by atoms with Crippen LogP contribution in [0.1, 0.15) is 12.8 Å². The molecule has 0 aromatic heterocycles. The lowest BCUT2D eigenvalue weighted by Crippen LogP contribution is -2.15. The predicted molar refractivity (Wildman–Crippen MR) is 27.8 cm³/mol. The Kier molecular flexibility index (Phi) is 0.680. The lowest BCUT2D eigenvalue weighted by atomic mass is 10.2. The fourth-order valence-electron chi connectivity index (χ4n) is 1.23. The van der Waals surface area contributed by atoms with E-state index < -0.39 is 0 Å². The first-order valence-electron chi connectivity index (χ1n) is 2.94. The van der Waals surface area contributed by atoms with E-state index in [1.54, 1.807) is 5.92 Å². The van der Waals surface area contributed by atoms with Gasteiger partial charge in [-0.2, -0.15) is 0 Å². The molecular weight excluding hydrogens is 86.1 g/mol. The van der Waals surface area contributed by atoms with E-state index in [1.807, 2.05) is 0 Å². The van der Waals surface area contributed by atoms with E-state index in [2.05, 4.69) is 5.32 Å². The van der Waals surface area contributed by atoms with E-state index in [0.717, 1.165) is 19.0 Å². The molecule has 0 N–H and O–H groups in total. The summed E-state index contributed by atoms with van der Waals surface area (Å²) >= 11 is 0. The fraction of sp³-hybridized carbons (Fsp3) is 0.833. The summed E-state index contributed by atoms with van der Waals surface area (Å²) in [5.41, 5.74) is 0. The molecule has 0 bridgehead atoms. The Labute approximate surface area is 44.1 Å². The number of rotatable bonds is 0. The average molecular weight is 95.1 g/mol. The van der Waals surface area contributed by atoms with Crippen molar-refractivity contribution < 1.29 is 0 Å². The third-order valence-electron chi connectivity index (χ3n) is 1.87. The van der Waals surface area contributed by atoms with Crippen molar-refractivity contribution in [2.75, 3.05) is 13.1 Å². The molecule has 1 heterocycles. The fourth-order valence-corrected chi connectivity index (χ4v) is 1.23. The summed E-state index contributed by atoms with van der Waals surface area (Å²) in [6, 6.07) is 0. The average Bonchev–Trinajstić information content (AvgIpc) is 2.41. The largest absolute Gasteiger partial charge is 0.241 e. The van der Waals surface area contributed by atoms with Gasteiger partial charge in [-0.3, -0.25) is 0 Å². The van der Waals surface area contributed by atoms with Gasteiger partial charge in [0.25, 0.3) is 0 Å². The van der Waals surface area contributed by atoms with Crippen LogP contribution >= 0.6 is 0 Å². The van der Waals surface area contributed by atoms with Crippen LogP contribution in [0.25, 0.3) is 0 Å². The van der Waals surface area contributed by atoms with Gasteiger partial charge in [0.15, 0.2) is 0 Å². The van der Waals surface area contributed by atoms with Gasteiger partial charge in [-0.05, 0) is 24.7 Å². The molecule has 0 aromatic carbocycles. The first-order valence-corrected chi connectivity index (χ1v) is 2.94. The van der Waals surface area contributed by atoms with Crippen molar-refractivity contribution in [3.05, 3.63) is 5.92 Å². The van der Waals surface area contributed by atoms with Gasteiger partial charge in [-0.1, -0.05) is 0 Å². The number of piperidine rings is 1. The Morgan fingerprint density at radius 3 is 3.14 bits per heavy atom. The third kappa shape index (κ3) is 0.556. The van der Waals surface area contributed by atoms with Gasteiger partial charge >= 0.3 is 0 Å². The van der Waals surface area contributed by atoms with E-state index in [-0.39, 0.29) is 0 Å². The first kappa shape index (κ1) is 3.90. The van der Waals surface area contributed by atoms with Crippen LogP contribution in [0.2, 0.25) is 0 Å². The minimum Gasteiger partial charge on any atom is -0.241 e. The highest BCUT2D eigenvalue weighted by molar-refractivity contribution is 5.16. The summed E-state index contributed by atoms with van der Waals surface area (Å²) in [6.45, 7) is 2.27. The Morgan fingerprint density at radius 2 is 2.57 bits per heavy atom. The Bertz CT molecular complexity index is 70.2. The van der Waals surface area contributed by atoms with Crippen LogP contribution < -0.4 is 5.32 Å². The molecule has 2 radical (unpaired) electrons. The van der Waals surface area contributed by atoms with Gasteiger partial charge in [0, 0.05) is 13.1 Å². The topological polar surface area (TPSA) is 14.1 Å². The van der Waals surface area contributed by atoms with Gasteiger partial charge in [0.2, 0.25) is 0 Å². The number of hydrogen-bond donors (Lipinski definition) is 0. The van der Waals surface area contributed by atoms with Gasteiger partial charge in [-0.25, -0.2) is 5.32 Å². The molecule has 38 valence electrons. The predicted octanol–water partition coefficient (Wildman–Crippen LogP) is 0.589. The molecule has 1 aliphatic heterocycles. The summed E-state index contributed by atoms with van der Waals surface area (Å²) < 4.78 is 0. The maximum Gasteiger partial charge on any atom is 0.0167 e. The van der Waals surface area contributed by atoms with Crippen LogP contribution in [0.15, 0.2) is 0 Å². The molecule has 2 fully saturated rings. The Balaban J connectivity index is 1.95. The van der Waals surface area contributed by atoms with Gasteiger partial charge in [-0.15, -0.1) is 0 Å². The summed E-state index contributed by atoms with van der Waals surface area (Å²) in [6.07, 6.45) is 2.72. The minimum absolute atomic E-state index is 0.953. The highest BCUT2D eigenvalue weighted by atomic mass is 14.9. The molecule has 0 aromatic rings. The van der Waals surface area contributed by atoms with Crippen LogP contribution in [0.3, 0.4) is 0 Å². The second kappa shape index (κ2) is 1.22. The molecule has 1 nitrogen and oxygen atoms in total. The van der Waals surface area contributed by atoms with Gasteiger partial charge in [0.1, 0.15) is 0 Å². The molecule has 0 amide bonds. The van der Waals surface area contributed by atoms with E-state index in [4.69, 9.17) is 0 Å². The molecule has 1 atom stereocenters. The standard InChI is InChI=1S/C6H9N/c1-2-7-4-6-3-5(1)6/h6H,1-4H2. The van der Waals surface area contributed by atoms with Crippen LogP contribution in [0.4, 0.5) is 0 Å². The molecule has 0 spiro atoms. The molecule has 1 heteroatoms. The smallest absolute Gasteiger partial charge is 0.0167 e. The van der Waals surface area contributed by atoms with E-state index in [9.17, 15) is 0 Å². The van der Waals surface area contributed by atoms with Crippen molar-refractivity contribution in [3.63, 3.8) is 0 Å². The van der Waals surface area contributed by atoms with Crippen molar-refractivity contribution in [1.82, 2.24) is 5.32 Å². The zero-order chi connectivity index (χ0) is 4.69. The molecule has 1 saturated heterocycles. The normalized spacial score (nSPS) is 40.3. The highest BCUT2D eigenvalue weighted by Crippen LogP contribution is 2.44. The molecule has 7 heavy (non-hydrogen) atoms. The van der Waals surface area contributed by atoms with Gasteiger partial charge < -0.3 is 0 Å². The molecule has 2 rings (SSSR count). The second-order valence-electron chi connectivity index (χ2n) is 2.44. The maximum absolute atomic E-state index is 4.28. The van der Waals surface area contributed by atoms with Crippen molar-refractivity contribution in [3.8, 4) is 0 Å². The zero-order valence-corrected chi connectivity index (χ0v) is 4.35. The monoisotopic (exact) mass is 95.1 g/mol. The number of fused-ring (bicyclic) bond motifs is 1. The summed E-state index contributed by atoms with van der Waals surface area (Å²) in [5, 5.41) is 4.28. The summed E-state index contributed by atoms with van der Waals surface area (Å²) in [7, 11) is 0.